The van der Waals surface area contributed by atoms with Crippen LogP contribution in [-0.4, -0.2) is 45.2 Å². The van der Waals surface area contributed by atoms with E-state index in [4.69, 9.17) is 9.16 Å². The fourth-order valence-electron chi connectivity index (χ4n) is 2.14. The predicted octanol–water partition coefficient (Wildman–Crippen LogP) is 3.26. The Kier molecular flexibility index (Phi) is 6.09. The number of hydrogen-bond acceptors (Lipinski definition) is 4. The Morgan fingerprint density at radius 2 is 1.82 bits per heavy atom. The van der Waals surface area contributed by atoms with Crippen molar-refractivity contribution in [3.05, 3.63) is 0 Å². The Labute approximate surface area is 136 Å². The first-order valence-electron chi connectivity index (χ1n) is 8.18. The van der Waals surface area contributed by atoms with Crippen LogP contribution in [0.4, 0.5) is 4.79 Å². The molecule has 0 unspecified atom stereocenters. The van der Waals surface area contributed by atoms with Crippen LogP contribution in [0.3, 0.4) is 0 Å². The fourth-order valence-corrected chi connectivity index (χ4v) is 3.51. The zero-order chi connectivity index (χ0) is 17.2. The lowest BCUT2D eigenvalue weighted by molar-refractivity contribution is 0.0522. The van der Waals surface area contributed by atoms with Gasteiger partial charge in [0.15, 0.2) is 8.32 Å². The summed E-state index contributed by atoms with van der Waals surface area (Å²) >= 11 is 0. The summed E-state index contributed by atoms with van der Waals surface area (Å²) in [6.07, 6.45) is 0.817. The first-order valence-corrected chi connectivity index (χ1v) is 11.1. The molecule has 1 fully saturated rings. The maximum Gasteiger partial charge on any atom is 0.407 e. The number of alkyl carbamates (subject to hydrolysis) is 1. The van der Waals surface area contributed by atoms with Gasteiger partial charge in [0.1, 0.15) is 5.60 Å². The molecule has 1 aliphatic rings. The van der Waals surface area contributed by atoms with Gasteiger partial charge in [0.05, 0.1) is 6.10 Å². The largest absolute Gasteiger partial charge is 0.444 e. The standard InChI is InChI=1S/C16H34N2O3Si/c1-15(2,3)20-14(19)18-10-12-9-13(11-17-12)21-22(7,8)16(4,5)6/h12-13,17H,9-11H2,1-8H3,(H,18,19)/t12-,13+/m0/s1. The summed E-state index contributed by atoms with van der Waals surface area (Å²) < 4.78 is 11.7. The summed E-state index contributed by atoms with van der Waals surface area (Å²) in [5.74, 6) is 0. The van der Waals surface area contributed by atoms with E-state index in [2.05, 4.69) is 44.5 Å². The second-order valence-corrected chi connectivity index (χ2v) is 13.5. The average Bonchev–Trinajstić information content (AvgIpc) is 2.69. The van der Waals surface area contributed by atoms with Gasteiger partial charge in [-0.05, 0) is 45.3 Å². The van der Waals surface area contributed by atoms with Gasteiger partial charge in [0.25, 0.3) is 0 Å². The predicted molar refractivity (Wildman–Crippen MR) is 92.7 cm³/mol. The van der Waals surface area contributed by atoms with Crippen LogP contribution in [0.15, 0.2) is 0 Å². The van der Waals surface area contributed by atoms with E-state index in [-0.39, 0.29) is 23.3 Å². The minimum atomic E-state index is -1.73. The van der Waals surface area contributed by atoms with Gasteiger partial charge in [0, 0.05) is 19.1 Å². The molecule has 0 saturated carbocycles. The highest BCUT2D eigenvalue weighted by atomic mass is 28.4. The van der Waals surface area contributed by atoms with E-state index in [1.165, 1.54) is 0 Å². The van der Waals surface area contributed by atoms with Crippen molar-refractivity contribution in [1.82, 2.24) is 10.6 Å². The summed E-state index contributed by atoms with van der Waals surface area (Å²) in [6.45, 7) is 18.3. The minimum absolute atomic E-state index is 0.222. The molecule has 0 radical (unpaired) electrons. The lowest BCUT2D eigenvalue weighted by Crippen LogP contribution is -2.44. The zero-order valence-corrected chi connectivity index (χ0v) is 16.5. The molecular weight excluding hydrogens is 296 g/mol. The van der Waals surface area contributed by atoms with Crippen LogP contribution in [0.1, 0.15) is 48.0 Å². The average molecular weight is 331 g/mol. The molecule has 0 aromatic rings. The molecule has 22 heavy (non-hydrogen) atoms. The Bertz CT molecular complexity index is 386. The van der Waals surface area contributed by atoms with Crippen LogP contribution in [0.5, 0.6) is 0 Å². The molecule has 0 aliphatic carbocycles. The molecule has 1 rings (SSSR count). The number of rotatable bonds is 4. The van der Waals surface area contributed by atoms with E-state index in [1.807, 2.05) is 20.8 Å². The Balaban J connectivity index is 2.36. The second kappa shape index (κ2) is 6.89. The van der Waals surface area contributed by atoms with Gasteiger partial charge in [0.2, 0.25) is 0 Å². The highest BCUT2D eigenvalue weighted by Crippen LogP contribution is 2.38. The maximum absolute atomic E-state index is 11.7. The van der Waals surface area contributed by atoms with Gasteiger partial charge in [-0.15, -0.1) is 0 Å². The van der Waals surface area contributed by atoms with Gasteiger partial charge in [-0.25, -0.2) is 4.79 Å². The van der Waals surface area contributed by atoms with Crippen molar-refractivity contribution in [1.29, 1.82) is 0 Å². The van der Waals surface area contributed by atoms with Crippen molar-refractivity contribution < 1.29 is 14.0 Å². The molecule has 0 spiro atoms. The second-order valence-electron chi connectivity index (χ2n) is 8.72. The summed E-state index contributed by atoms with van der Waals surface area (Å²) in [7, 11) is -1.73. The van der Waals surface area contributed by atoms with Gasteiger partial charge < -0.3 is 19.8 Å². The Morgan fingerprint density at radius 3 is 2.32 bits per heavy atom. The van der Waals surface area contributed by atoms with Crippen LogP contribution in [0, 0.1) is 0 Å². The van der Waals surface area contributed by atoms with E-state index in [1.54, 1.807) is 0 Å². The number of nitrogens with one attached hydrogen (secondary N) is 2. The minimum Gasteiger partial charge on any atom is -0.444 e. The molecule has 2 atom stereocenters. The van der Waals surface area contributed by atoms with Crippen LogP contribution >= 0.6 is 0 Å². The third kappa shape index (κ3) is 6.26. The molecule has 1 heterocycles. The number of hydrogen-bond donors (Lipinski definition) is 2. The van der Waals surface area contributed by atoms with Crippen molar-refractivity contribution in [2.45, 2.75) is 83.8 Å². The molecule has 5 nitrogen and oxygen atoms in total. The Morgan fingerprint density at radius 1 is 1.23 bits per heavy atom. The molecule has 0 aromatic carbocycles. The fraction of sp³-hybridized carbons (Fsp3) is 0.938. The number of carbonyl (C=O) groups is 1. The van der Waals surface area contributed by atoms with Crippen LogP contribution in [0.2, 0.25) is 18.1 Å². The molecule has 1 aliphatic heterocycles. The smallest absolute Gasteiger partial charge is 0.407 e. The number of ether oxygens (including phenoxy) is 1. The van der Waals surface area contributed by atoms with E-state index >= 15 is 0 Å². The van der Waals surface area contributed by atoms with Gasteiger partial charge >= 0.3 is 6.09 Å². The molecule has 130 valence electrons. The zero-order valence-electron chi connectivity index (χ0n) is 15.5. The lowest BCUT2D eigenvalue weighted by Gasteiger charge is -2.38. The lowest BCUT2D eigenvalue weighted by atomic mass is 10.2. The Hall–Kier alpha value is -0.593. The monoisotopic (exact) mass is 330 g/mol. The molecule has 1 amide bonds. The molecule has 1 saturated heterocycles. The van der Waals surface area contributed by atoms with Crippen LogP contribution in [-0.2, 0) is 9.16 Å². The molecular formula is C16H34N2O3Si. The van der Waals surface area contributed by atoms with Crippen molar-refractivity contribution in [3.63, 3.8) is 0 Å². The first-order chi connectivity index (χ1) is 9.80. The van der Waals surface area contributed by atoms with Crippen molar-refractivity contribution in [2.24, 2.45) is 0 Å². The normalized spacial score (nSPS) is 23.5. The van der Waals surface area contributed by atoms with E-state index in [9.17, 15) is 4.79 Å². The van der Waals surface area contributed by atoms with Crippen LogP contribution in [0.25, 0.3) is 0 Å². The number of amides is 1. The molecule has 2 N–H and O–H groups in total. The quantitative estimate of drug-likeness (QED) is 0.777. The molecule has 0 aromatic heterocycles. The SMILES string of the molecule is CC(C)(C)OC(=O)NC[C@@H]1C[C@@H](O[Si](C)(C)C(C)(C)C)CN1. The third-order valence-corrected chi connectivity index (χ3v) is 8.88. The van der Waals surface area contributed by atoms with Crippen LogP contribution < -0.4 is 10.6 Å². The summed E-state index contributed by atoms with van der Waals surface area (Å²) in [6, 6.07) is 0.252. The molecule has 0 bridgehead atoms. The highest BCUT2D eigenvalue weighted by molar-refractivity contribution is 6.74. The van der Waals surface area contributed by atoms with Crippen molar-refractivity contribution in [2.75, 3.05) is 13.1 Å². The summed E-state index contributed by atoms with van der Waals surface area (Å²) in [4.78, 5) is 11.7. The van der Waals surface area contributed by atoms with Gasteiger partial charge in [-0.3, -0.25) is 0 Å². The summed E-state index contributed by atoms with van der Waals surface area (Å²) in [5, 5.41) is 6.47. The maximum atomic E-state index is 11.7. The topological polar surface area (TPSA) is 59.6 Å². The summed E-state index contributed by atoms with van der Waals surface area (Å²) in [5.41, 5.74) is -0.457. The van der Waals surface area contributed by atoms with E-state index in [0.29, 0.717) is 6.54 Å². The van der Waals surface area contributed by atoms with E-state index in [0.717, 1.165) is 13.0 Å². The number of carbonyl (C=O) groups excluding carboxylic acids is 1. The molecule has 6 heteroatoms. The highest BCUT2D eigenvalue weighted by Gasteiger charge is 2.40. The third-order valence-electron chi connectivity index (χ3n) is 4.34. The van der Waals surface area contributed by atoms with Crippen molar-refractivity contribution >= 4 is 14.4 Å². The van der Waals surface area contributed by atoms with Gasteiger partial charge in [-0.1, -0.05) is 20.8 Å². The van der Waals surface area contributed by atoms with E-state index < -0.39 is 13.9 Å². The van der Waals surface area contributed by atoms with Crippen molar-refractivity contribution in [3.8, 4) is 0 Å². The first kappa shape index (κ1) is 19.5. The van der Waals surface area contributed by atoms with Gasteiger partial charge in [-0.2, -0.15) is 0 Å².